The van der Waals surface area contributed by atoms with E-state index in [-0.39, 0.29) is 12.5 Å². The minimum atomic E-state index is -0.448. The number of aliphatic hydroxyl groups is 1. The van der Waals surface area contributed by atoms with Crippen LogP contribution in [0.4, 0.5) is 0 Å². The van der Waals surface area contributed by atoms with E-state index in [2.05, 4.69) is 0 Å². The summed E-state index contributed by atoms with van der Waals surface area (Å²) in [6.45, 7) is 3.67. The van der Waals surface area contributed by atoms with Gasteiger partial charge in [0.15, 0.2) is 0 Å². The van der Waals surface area contributed by atoms with Gasteiger partial charge in [-0.15, -0.1) is 0 Å². The van der Waals surface area contributed by atoms with Gasteiger partial charge in [0.25, 0.3) is 0 Å². The van der Waals surface area contributed by atoms with Gasteiger partial charge in [-0.1, -0.05) is 12.2 Å². The molecule has 0 aromatic carbocycles. The number of nitrogens with zero attached hydrogens (tertiary/aromatic N) is 1. The molecule has 1 heterocycles. The van der Waals surface area contributed by atoms with E-state index in [1.165, 1.54) is 0 Å². The van der Waals surface area contributed by atoms with Crippen molar-refractivity contribution in [1.29, 1.82) is 0 Å². The number of rotatable bonds is 3. The fourth-order valence-corrected chi connectivity index (χ4v) is 1.13. The standard InChI is InChI=1S/C9H15NO3/c1-8(11)3-2-4-10-5-6-13-7-9(10)12/h2-3,8,11H,4-7H2,1H3/b3-2+. The van der Waals surface area contributed by atoms with E-state index in [0.29, 0.717) is 19.7 Å². The van der Waals surface area contributed by atoms with Gasteiger partial charge in [0.2, 0.25) is 5.91 Å². The van der Waals surface area contributed by atoms with Crippen LogP contribution >= 0.6 is 0 Å². The normalized spacial score (nSPS) is 21.1. The second kappa shape index (κ2) is 4.99. The van der Waals surface area contributed by atoms with Crippen molar-refractivity contribution in [3.63, 3.8) is 0 Å². The van der Waals surface area contributed by atoms with Gasteiger partial charge in [0.05, 0.1) is 12.7 Å². The van der Waals surface area contributed by atoms with Crippen LogP contribution in [-0.4, -0.2) is 48.3 Å². The molecule has 1 saturated heterocycles. The van der Waals surface area contributed by atoms with E-state index < -0.39 is 6.10 Å². The summed E-state index contributed by atoms with van der Waals surface area (Å²) in [6, 6.07) is 0. The minimum absolute atomic E-state index is 0.0153. The van der Waals surface area contributed by atoms with Crippen LogP contribution in [0.15, 0.2) is 12.2 Å². The number of hydrogen-bond donors (Lipinski definition) is 1. The summed E-state index contributed by atoms with van der Waals surface area (Å²) in [5.74, 6) is 0.0153. The van der Waals surface area contributed by atoms with Crippen LogP contribution in [0.25, 0.3) is 0 Å². The highest BCUT2D eigenvalue weighted by Gasteiger charge is 2.16. The fraction of sp³-hybridized carbons (Fsp3) is 0.667. The summed E-state index contributed by atoms with van der Waals surface area (Å²) < 4.78 is 4.97. The van der Waals surface area contributed by atoms with Crippen LogP contribution in [0.3, 0.4) is 0 Å². The van der Waals surface area contributed by atoms with E-state index >= 15 is 0 Å². The van der Waals surface area contributed by atoms with Crippen molar-refractivity contribution < 1.29 is 14.6 Å². The SMILES string of the molecule is CC(O)/C=C/CN1CCOCC1=O. The number of carbonyl (C=O) groups excluding carboxylic acids is 1. The van der Waals surface area contributed by atoms with E-state index in [9.17, 15) is 4.79 Å². The Labute approximate surface area is 77.8 Å². The average Bonchev–Trinajstić information content (AvgIpc) is 2.08. The molecule has 1 atom stereocenters. The molecule has 0 aromatic rings. The van der Waals surface area contributed by atoms with Crippen molar-refractivity contribution in [3.8, 4) is 0 Å². The third-order valence-electron chi connectivity index (χ3n) is 1.82. The van der Waals surface area contributed by atoms with E-state index in [0.717, 1.165) is 0 Å². The van der Waals surface area contributed by atoms with Crippen molar-refractivity contribution in [2.45, 2.75) is 13.0 Å². The third kappa shape index (κ3) is 3.57. The highest BCUT2D eigenvalue weighted by molar-refractivity contribution is 5.78. The van der Waals surface area contributed by atoms with Crippen LogP contribution in [0.2, 0.25) is 0 Å². The van der Waals surface area contributed by atoms with Crippen LogP contribution in [0, 0.1) is 0 Å². The van der Waals surface area contributed by atoms with Gasteiger partial charge in [0, 0.05) is 13.1 Å². The molecule has 0 spiro atoms. The Bertz CT molecular complexity index is 201. The summed E-state index contributed by atoms with van der Waals surface area (Å²) in [5, 5.41) is 8.93. The molecule has 0 aliphatic carbocycles. The summed E-state index contributed by atoms with van der Waals surface area (Å²) >= 11 is 0. The molecular formula is C9H15NO3. The molecule has 0 aromatic heterocycles. The van der Waals surface area contributed by atoms with E-state index in [1.54, 1.807) is 24.0 Å². The first kappa shape index (κ1) is 10.2. The summed E-state index contributed by atoms with van der Waals surface area (Å²) in [5.41, 5.74) is 0. The molecule has 1 N–H and O–H groups in total. The molecular weight excluding hydrogens is 170 g/mol. The maximum atomic E-state index is 11.2. The summed E-state index contributed by atoms with van der Waals surface area (Å²) in [4.78, 5) is 12.9. The number of aliphatic hydroxyl groups excluding tert-OH is 1. The second-order valence-corrected chi connectivity index (χ2v) is 3.06. The molecule has 4 nitrogen and oxygen atoms in total. The van der Waals surface area contributed by atoms with Gasteiger partial charge in [0.1, 0.15) is 6.61 Å². The molecule has 1 aliphatic heterocycles. The average molecular weight is 185 g/mol. The maximum Gasteiger partial charge on any atom is 0.248 e. The van der Waals surface area contributed by atoms with Crippen molar-refractivity contribution in [1.82, 2.24) is 4.90 Å². The molecule has 1 unspecified atom stereocenters. The van der Waals surface area contributed by atoms with Gasteiger partial charge < -0.3 is 14.7 Å². The predicted molar refractivity (Wildman–Crippen MR) is 48.2 cm³/mol. The van der Waals surface area contributed by atoms with Crippen molar-refractivity contribution >= 4 is 5.91 Å². The zero-order chi connectivity index (χ0) is 9.68. The van der Waals surface area contributed by atoms with Crippen LogP contribution in [-0.2, 0) is 9.53 Å². The maximum absolute atomic E-state index is 11.2. The monoisotopic (exact) mass is 185 g/mol. The van der Waals surface area contributed by atoms with Gasteiger partial charge in [-0.25, -0.2) is 0 Å². The number of amides is 1. The van der Waals surface area contributed by atoms with Gasteiger partial charge >= 0.3 is 0 Å². The molecule has 4 heteroatoms. The molecule has 1 amide bonds. The number of morpholine rings is 1. The van der Waals surface area contributed by atoms with E-state index in [4.69, 9.17) is 9.84 Å². The fourth-order valence-electron chi connectivity index (χ4n) is 1.13. The summed E-state index contributed by atoms with van der Waals surface area (Å²) in [7, 11) is 0. The van der Waals surface area contributed by atoms with Crippen molar-refractivity contribution in [3.05, 3.63) is 12.2 Å². The first-order valence-electron chi connectivity index (χ1n) is 4.40. The van der Waals surface area contributed by atoms with Gasteiger partial charge in [-0.2, -0.15) is 0 Å². The first-order chi connectivity index (χ1) is 6.20. The van der Waals surface area contributed by atoms with Crippen molar-refractivity contribution in [2.75, 3.05) is 26.3 Å². The van der Waals surface area contributed by atoms with Crippen LogP contribution in [0.5, 0.6) is 0 Å². The van der Waals surface area contributed by atoms with Crippen LogP contribution in [0.1, 0.15) is 6.92 Å². The number of hydrogen-bond acceptors (Lipinski definition) is 3. The third-order valence-corrected chi connectivity index (χ3v) is 1.82. The Balaban J connectivity index is 2.30. The molecule has 1 rings (SSSR count). The zero-order valence-corrected chi connectivity index (χ0v) is 7.77. The smallest absolute Gasteiger partial charge is 0.248 e. The minimum Gasteiger partial charge on any atom is -0.389 e. The topological polar surface area (TPSA) is 49.8 Å². The van der Waals surface area contributed by atoms with E-state index in [1.807, 2.05) is 0 Å². The molecule has 0 radical (unpaired) electrons. The Morgan fingerprint density at radius 3 is 3.15 bits per heavy atom. The molecule has 0 bridgehead atoms. The molecule has 0 saturated carbocycles. The molecule has 74 valence electrons. The second-order valence-electron chi connectivity index (χ2n) is 3.06. The lowest BCUT2D eigenvalue weighted by Gasteiger charge is -2.25. The quantitative estimate of drug-likeness (QED) is 0.618. The van der Waals surface area contributed by atoms with Crippen LogP contribution < -0.4 is 0 Å². The largest absolute Gasteiger partial charge is 0.389 e. The molecule has 1 fully saturated rings. The number of carbonyl (C=O) groups is 1. The Hall–Kier alpha value is -0.870. The predicted octanol–water partition coefficient (Wildman–Crippen LogP) is -0.218. The highest BCUT2D eigenvalue weighted by Crippen LogP contribution is 1.98. The Morgan fingerprint density at radius 1 is 1.77 bits per heavy atom. The first-order valence-corrected chi connectivity index (χ1v) is 4.40. The zero-order valence-electron chi connectivity index (χ0n) is 7.77. The lowest BCUT2D eigenvalue weighted by atomic mass is 10.3. The van der Waals surface area contributed by atoms with Gasteiger partial charge in [-0.3, -0.25) is 4.79 Å². The van der Waals surface area contributed by atoms with Gasteiger partial charge in [-0.05, 0) is 6.92 Å². The molecule has 1 aliphatic rings. The summed E-state index contributed by atoms with van der Waals surface area (Å²) in [6.07, 6.45) is 3.02. The number of ether oxygens (including phenoxy) is 1. The molecule has 13 heavy (non-hydrogen) atoms. The lowest BCUT2D eigenvalue weighted by molar-refractivity contribution is -0.141. The lowest BCUT2D eigenvalue weighted by Crippen LogP contribution is -2.41. The highest BCUT2D eigenvalue weighted by atomic mass is 16.5. The van der Waals surface area contributed by atoms with Crippen molar-refractivity contribution in [2.24, 2.45) is 0 Å². The Kier molecular flexibility index (Phi) is 3.92. The Morgan fingerprint density at radius 2 is 2.54 bits per heavy atom.